The number of halogens is 1. The molecule has 0 unspecified atom stereocenters. The van der Waals surface area contributed by atoms with E-state index in [-0.39, 0.29) is 19.6 Å². The van der Waals surface area contributed by atoms with Crippen LogP contribution < -0.4 is 5.32 Å². The molecule has 0 saturated carbocycles. The molecule has 0 radical (unpaired) electrons. The van der Waals surface area contributed by atoms with Gasteiger partial charge in [0.2, 0.25) is 11.4 Å². The zero-order valence-corrected chi connectivity index (χ0v) is 14.1. The standard InChI is InChI=1S/C16H20ClNO5/c1-4-22-14(20)16(18-11(3)19,15(21)23-5-2)10-12-6-8-13(17)9-7-12/h6-9H,4-5,10H2,1-3H3,(H,18,19). The Morgan fingerprint density at radius 1 is 1.04 bits per heavy atom. The molecule has 0 atom stereocenters. The number of rotatable bonds is 7. The Kier molecular flexibility index (Phi) is 7.03. The minimum absolute atomic E-state index is 0.0696. The molecule has 1 rings (SSSR count). The second-order valence-corrected chi connectivity index (χ2v) is 5.27. The summed E-state index contributed by atoms with van der Waals surface area (Å²) in [5, 5.41) is 2.92. The van der Waals surface area contributed by atoms with Crippen LogP contribution in [-0.4, -0.2) is 36.6 Å². The summed E-state index contributed by atoms with van der Waals surface area (Å²) in [5.41, 5.74) is -1.30. The molecular weight excluding hydrogens is 322 g/mol. The predicted octanol–water partition coefficient (Wildman–Crippen LogP) is 1.88. The zero-order chi connectivity index (χ0) is 17.5. The zero-order valence-electron chi connectivity index (χ0n) is 13.3. The molecule has 0 heterocycles. The van der Waals surface area contributed by atoms with Crippen molar-refractivity contribution in [2.24, 2.45) is 0 Å². The average molecular weight is 342 g/mol. The van der Waals surface area contributed by atoms with Crippen LogP contribution in [0.2, 0.25) is 5.02 Å². The van der Waals surface area contributed by atoms with E-state index in [9.17, 15) is 14.4 Å². The molecule has 6 nitrogen and oxygen atoms in total. The first-order valence-corrected chi connectivity index (χ1v) is 7.61. The second kappa shape index (κ2) is 8.53. The third-order valence-electron chi connectivity index (χ3n) is 3.02. The van der Waals surface area contributed by atoms with E-state index in [0.717, 1.165) is 0 Å². The molecule has 126 valence electrons. The van der Waals surface area contributed by atoms with Gasteiger partial charge in [-0.25, -0.2) is 9.59 Å². The first-order chi connectivity index (χ1) is 10.9. The van der Waals surface area contributed by atoms with Crippen LogP contribution in [-0.2, 0) is 30.3 Å². The van der Waals surface area contributed by atoms with Crippen LogP contribution in [0.4, 0.5) is 0 Å². The molecule has 0 fully saturated rings. The summed E-state index contributed by atoms with van der Waals surface area (Å²) in [4.78, 5) is 36.4. The summed E-state index contributed by atoms with van der Waals surface area (Å²) in [6.45, 7) is 4.59. The van der Waals surface area contributed by atoms with Crippen LogP contribution in [0.15, 0.2) is 24.3 Å². The van der Waals surface area contributed by atoms with Crippen molar-refractivity contribution < 1.29 is 23.9 Å². The third-order valence-corrected chi connectivity index (χ3v) is 3.27. The highest BCUT2D eigenvalue weighted by molar-refractivity contribution is 6.30. The Morgan fingerprint density at radius 2 is 1.52 bits per heavy atom. The lowest BCUT2D eigenvalue weighted by atomic mass is 9.90. The van der Waals surface area contributed by atoms with Crippen LogP contribution in [0.3, 0.4) is 0 Å². The van der Waals surface area contributed by atoms with E-state index in [2.05, 4.69) is 5.32 Å². The Bertz CT molecular complexity index is 552. The summed E-state index contributed by atoms with van der Waals surface area (Å²) in [6.07, 6.45) is -0.0958. The first-order valence-electron chi connectivity index (χ1n) is 7.23. The maximum Gasteiger partial charge on any atom is 0.344 e. The molecule has 1 aromatic carbocycles. The third kappa shape index (κ3) is 4.96. The summed E-state index contributed by atoms with van der Waals surface area (Å²) >= 11 is 5.84. The van der Waals surface area contributed by atoms with E-state index >= 15 is 0 Å². The van der Waals surface area contributed by atoms with Gasteiger partial charge in [0, 0.05) is 18.4 Å². The van der Waals surface area contributed by atoms with Gasteiger partial charge in [-0.1, -0.05) is 23.7 Å². The van der Waals surface area contributed by atoms with Crippen molar-refractivity contribution in [3.05, 3.63) is 34.9 Å². The molecule has 0 aliphatic heterocycles. The minimum atomic E-state index is -1.92. The van der Waals surface area contributed by atoms with Crippen molar-refractivity contribution in [3.8, 4) is 0 Å². The second-order valence-electron chi connectivity index (χ2n) is 4.83. The van der Waals surface area contributed by atoms with Gasteiger partial charge in [0.15, 0.2) is 0 Å². The number of benzene rings is 1. The van der Waals surface area contributed by atoms with Gasteiger partial charge in [0.25, 0.3) is 0 Å². The van der Waals surface area contributed by atoms with Gasteiger partial charge < -0.3 is 14.8 Å². The number of amides is 1. The number of carbonyl (C=O) groups excluding carboxylic acids is 3. The van der Waals surface area contributed by atoms with E-state index < -0.39 is 23.4 Å². The fourth-order valence-corrected chi connectivity index (χ4v) is 2.22. The molecule has 0 aliphatic carbocycles. The van der Waals surface area contributed by atoms with Gasteiger partial charge in [-0.15, -0.1) is 0 Å². The van der Waals surface area contributed by atoms with E-state index in [1.165, 1.54) is 6.92 Å². The van der Waals surface area contributed by atoms with Crippen molar-refractivity contribution in [2.45, 2.75) is 32.7 Å². The summed E-state index contributed by atoms with van der Waals surface area (Å²) in [5.74, 6) is -2.26. The summed E-state index contributed by atoms with van der Waals surface area (Å²) < 4.78 is 9.98. The lowest BCUT2D eigenvalue weighted by molar-refractivity contribution is -0.168. The Hall–Kier alpha value is -2.08. The molecule has 0 aliphatic rings. The van der Waals surface area contributed by atoms with Gasteiger partial charge in [0.1, 0.15) is 0 Å². The van der Waals surface area contributed by atoms with Gasteiger partial charge in [-0.05, 0) is 31.5 Å². The van der Waals surface area contributed by atoms with Gasteiger partial charge in [-0.3, -0.25) is 4.79 Å². The topological polar surface area (TPSA) is 81.7 Å². The van der Waals surface area contributed by atoms with Crippen molar-refractivity contribution >= 4 is 29.4 Å². The highest BCUT2D eigenvalue weighted by Gasteiger charge is 2.50. The lowest BCUT2D eigenvalue weighted by Crippen LogP contribution is -2.62. The van der Waals surface area contributed by atoms with E-state index in [1.54, 1.807) is 38.1 Å². The molecule has 1 N–H and O–H groups in total. The number of ether oxygens (including phenoxy) is 2. The minimum Gasteiger partial charge on any atom is -0.464 e. The average Bonchev–Trinajstić information content (AvgIpc) is 2.48. The molecule has 1 aromatic rings. The van der Waals surface area contributed by atoms with Crippen molar-refractivity contribution in [1.29, 1.82) is 0 Å². The number of esters is 2. The van der Waals surface area contributed by atoms with Crippen LogP contribution in [0.25, 0.3) is 0 Å². The number of hydrogen-bond acceptors (Lipinski definition) is 5. The summed E-state index contributed by atoms with van der Waals surface area (Å²) in [6, 6.07) is 6.59. The smallest absolute Gasteiger partial charge is 0.344 e. The van der Waals surface area contributed by atoms with E-state index in [1.807, 2.05) is 0 Å². The van der Waals surface area contributed by atoms with E-state index in [4.69, 9.17) is 21.1 Å². The summed E-state index contributed by atoms with van der Waals surface area (Å²) in [7, 11) is 0. The molecule has 0 aromatic heterocycles. The van der Waals surface area contributed by atoms with E-state index in [0.29, 0.717) is 10.6 Å². The molecule has 0 saturated heterocycles. The molecular formula is C16H20ClNO5. The van der Waals surface area contributed by atoms with Crippen molar-refractivity contribution in [2.75, 3.05) is 13.2 Å². The van der Waals surface area contributed by atoms with Gasteiger partial charge >= 0.3 is 11.9 Å². The monoisotopic (exact) mass is 341 g/mol. The quantitative estimate of drug-likeness (QED) is 0.605. The van der Waals surface area contributed by atoms with Crippen LogP contribution >= 0.6 is 11.6 Å². The maximum atomic E-state index is 12.4. The highest BCUT2D eigenvalue weighted by Crippen LogP contribution is 2.20. The maximum absolute atomic E-state index is 12.4. The van der Waals surface area contributed by atoms with Crippen molar-refractivity contribution in [3.63, 3.8) is 0 Å². The van der Waals surface area contributed by atoms with Gasteiger partial charge in [-0.2, -0.15) is 0 Å². The fraction of sp³-hybridized carbons (Fsp3) is 0.438. The number of carbonyl (C=O) groups is 3. The molecule has 1 amide bonds. The lowest BCUT2D eigenvalue weighted by Gasteiger charge is -2.29. The highest BCUT2D eigenvalue weighted by atomic mass is 35.5. The molecule has 23 heavy (non-hydrogen) atoms. The van der Waals surface area contributed by atoms with Crippen molar-refractivity contribution in [1.82, 2.24) is 5.32 Å². The molecule has 0 spiro atoms. The Balaban J connectivity index is 3.28. The first kappa shape index (κ1) is 19.0. The predicted molar refractivity (Wildman–Crippen MR) is 85.0 cm³/mol. The number of nitrogens with one attached hydrogen (secondary N) is 1. The largest absolute Gasteiger partial charge is 0.464 e. The normalized spacial score (nSPS) is 10.8. The Morgan fingerprint density at radius 3 is 1.91 bits per heavy atom. The molecule has 7 heteroatoms. The van der Waals surface area contributed by atoms with Crippen LogP contribution in [0.5, 0.6) is 0 Å². The number of hydrogen-bond donors (Lipinski definition) is 1. The SMILES string of the molecule is CCOC(=O)C(Cc1ccc(Cl)cc1)(NC(C)=O)C(=O)OCC. The van der Waals surface area contributed by atoms with Crippen LogP contribution in [0.1, 0.15) is 26.3 Å². The van der Waals surface area contributed by atoms with Crippen LogP contribution in [0, 0.1) is 0 Å². The fourth-order valence-electron chi connectivity index (χ4n) is 2.09. The Labute approximate surface area is 140 Å². The molecule has 0 bridgehead atoms. The van der Waals surface area contributed by atoms with Gasteiger partial charge in [0.05, 0.1) is 13.2 Å².